The van der Waals surface area contributed by atoms with Crippen LogP contribution in [-0.2, 0) is 13.5 Å². The van der Waals surface area contributed by atoms with Gasteiger partial charge in [0, 0.05) is 37.5 Å². The van der Waals surface area contributed by atoms with Crippen molar-refractivity contribution in [2.24, 2.45) is 7.05 Å². The number of nitrogens with one attached hydrogen (secondary N) is 1. The van der Waals surface area contributed by atoms with E-state index in [1.807, 2.05) is 43.1 Å². The highest BCUT2D eigenvalue weighted by atomic mass is 16.3. The Labute approximate surface area is 101 Å². The summed E-state index contributed by atoms with van der Waals surface area (Å²) in [5, 5.41) is 13.1. The van der Waals surface area contributed by atoms with E-state index in [9.17, 15) is 5.11 Å². The number of hydrogen-bond acceptors (Lipinski definition) is 3. The molecule has 1 aromatic carbocycles. The quantitative estimate of drug-likeness (QED) is 0.841. The van der Waals surface area contributed by atoms with Crippen LogP contribution in [0.2, 0.25) is 0 Å². The minimum Gasteiger partial charge on any atom is -0.508 e. The number of hydrogen-bond donors (Lipinski definition) is 2. The zero-order chi connectivity index (χ0) is 12.3. The molecular weight excluding hydrogens is 214 g/mol. The lowest BCUT2D eigenvalue weighted by atomic mass is 10.0. The lowest BCUT2D eigenvalue weighted by molar-refractivity contribution is 0.450. The molecular formula is C13H17N3O. The normalized spacial score (nSPS) is 12.6. The Morgan fingerprint density at radius 3 is 2.76 bits per heavy atom. The molecule has 2 rings (SSSR count). The highest BCUT2D eigenvalue weighted by Gasteiger charge is 2.15. The van der Waals surface area contributed by atoms with Crippen LogP contribution in [0.1, 0.15) is 17.4 Å². The smallest absolute Gasteiger partial charge is 0.120 e. The van der Waals surface area contributed by atoms with Crippen molar-refractivity contribution < 1.29 is 5.11 Å². The van der Waals surface area contributed by atoms with Gasteiger partial charge in [0.1, 0.15) is 11.6 Å². The van der Waals surface area contributed by atoms with Crippen LogP contribution in [0.5, 0.6) is 5.75 Å². The second-order valence-electron chi connectivity index (χ2n) is 4.06. The molecule has 0 spiro atoms. The van der Waals surface area contributed by atoms with Crippen LogP contribution in [0, 0.1) is 0 Å². The molecule has 0 aliphatic rings. The number of para-hydroxylation sites is 1. The van der Waals surface area contributed by atoms with Crippen LogP contribution in [0.15, 0.2) is 36.7 Å². The Bertz CT molecular complexity index is 493. The fourth-order valence-electron chi connectivity index (χ4n) is 1.93. The minimum absolute atomic E-state index is 0.0669. The number of phenols is 1. The van der Waals surface area contributed by atoms with Crippen LogP contribution in [0.3, 0.4) is 0 Å². The van der Waals surface area contributed by atoms with Gasteiger partial charge in [0.05, 0.1) is 0 Å². The van der Waals surface area contributed by atoms with E-state index in [1.54, 1.807) is 12.3 Å². The number of aromatic nitrogens is 2. The summed E-state index contributed by atoms with van der Waals surface area (Å²) in [6.45, 7) is 0. The molecule has 0 saturated heterocycles. The summed E-state index contributed by atoms with van der Waals surface area (Å²) in [6, 6.07) is 7.46. The van der Waals surface area contributed by atoms with Gasteiger partial charge in [-0.2, -0.15) is 0 Å². The third kappa shape index (κ3) is 2.47. The zero-order valence-electron chi connectivity index (χ0n) is 10.1. The number of benzene rings is 1. The number of nitrogens with zero attached hydrogens (tertiary/aromatic N) is 2. The molecule has 1 aromatic heterocycles. The van der Waals surface area contributed by atoms with E-state index in [0.29, 0.717) is 5.75 Å². The van der Waals surface area contributed by atoms with Crippen molar-refractivity contribution in [3.63, 3.8) is 0 Å². The molecule has 4 nitrogen and oxygen atoms in total. The van der Waals surface area contributed by atoms with Crippen LogP contribution >= 0.6 is 0 Å². The van der Waals surface area contributed by atoms with Crippen LogP contribution in [-0.4, -0.2) is 21.7 Å². The van der Waals surface area contributed by atoms with Crippen molar-refractivity contribution in [2.45, 2.75) is 12.5 Å². The number of aromatic hydroxyl groups is 1. The largest absolute Gasteiger partial charge is 0.508 e. The fraction of sp³-hybridized carbons (Fsp3) is 0.308. The minimum atomic E-state index is 0.0669. The molecule has 0 amide bonds. The summed E-state index contributed by atoms with van der Waals surface area (Å²) in [5.74, 6) is 1.31. The predicted molar refractivity (Wildman–Crippen MR) is 66.8 cm³/mol. The summed E-state index contributed by atoms with van der Waals surface area (Å²) < 4.78 is 1.99. The number of rotatable bonds is 4. The molecule has 4 heteroatoms. The van der Waals surface area contributed by atoms with Gasteiger partial charge in [-0.1, -0.05) is 18.2 Å². The van der Waals surface area contributed by atoms with Gasteiger partial charge in [-0.05, 0) is 13.1 Å². The van der Waals surface area contributed by atoms with E-state index in [0.717, 1.165) is 17.8 Å². The lowest BCUT2D eigenvalue weighted by Crippen LogP contribution is -2.20. The highest BCUT2D eigenvalue weighted by molar-refractivity contribution is 5.35. The van der Waals surface area contributed by atoms with E-state index < -0.39 is 0 Å². The van der Waals surface area contributed by atoms with Crippen molar-refractivity contribution in [1.82, 2.24) is 14.9 Å². The molecule has 1 atom stereocenters. The molecule has 17 heavy (non-hydrogen) atoms. The Morgan fingerprint density at radius 2 is 2.18 bits per heavy atom. The Kier molecular flexibility index (Phi) is 3.44. The van der Waals surface area contributed by atoms with Crippen molar-refractivity contribution in [3.05, 3.63) is 48.0 Å². The standard InChI is InChI=1S/C13H17N3O/c1-14-11(9-13-15-7-8-16(13)2)10-5-3-4-6-12(10)17/h3-8,11,14,17H,9H2,1-2H3/t11-/m0/s1. The average Bonchev–Trinajstić information content (AvgIpc) is 2.73. The average molecular weight is 231 g/mol. The topological polar surface area (TPSA) is 50.1 Å². The first-order chi connectivity index (χ1) is 8.22. The third-order valence-electron chi connectivity index (χ3n) is 2.97. The Balaban J connectivity index is 2.23. The van der Waals surface area contributed by atoms with Crippen LogP contribution in [0.4, 0.5) is 0 Å². The zero-order valence-corrected chi connectivity index (χ0v) is 10.1. The molecule has 2 aromatic rings. The SMILES string of the molecule is CN[C@@H](Cc1nccn1C)c1ccccc1O. The van der Waals surface area contributed by atoms with E-state index in [1.165, 1.54) is 0 Å². The Hall–Kier alpha value is -1.81. The summed E-state index contributed by atoms with van der Waals surface area (Å²) in [5.41, 5.74) is 0.901. The second-order valence-corrected chi connectivity index (χ2v) is 4.06. The van der Waals surface area contributed by atoms with Gasteiger partial charge in [-0.15, -0.1) is 0 Å². The maximum Gasteiger partial charge on any atom is 0.120 e. The molecule has 2 N–H and O–H groups in total. The van der Waals surface area contributed by atoms with Crippen molar-refractivity contribution in [3.8, 4) is 5.75 Å². The third-order valence-corrected chi connectivity index (χ3v) is 2.97. The Morgan fingerprint density at radius 1 is 1.41 bits per heavy atom. The van der Waals surface area contributed by atoms with Gasteiger partial charge in [-0.3, -0.25) is 0 Å². The van der Waals surface area contributed by atoms with Crippen LogP contribution < -0.4 is 5.32 Å². The van der Waals surface area contributed by atoms with Gasteiger partial charge in [0.25, 0.3) is 0 Å². The van der Waals surface area contributed by atoms with Crippen LogP contribution in [0.25, 0.3) is 0 Å². The summed E-state index contributed by atoms with van der Waals surface area (Å²) in [7, 11) is 3.86. The maximum absolute atomic E-state index is 9.84. The van der Waals surface area contributed by atoms with Gasteiger partial charge in [0.2, 0.25) is 0 Å². The number of likely N-dealkylation sites (N-methyl/N-ethyl adjacent to an activating group) is 1. The molecule has 0 unspecified atom stereocenters. The van der Waals surface area contributed by atoms with Crippen molar-refractivity contribution >= 4 is 0 Å². The van der Waals surface area contributed by atoms with Crippen molar-refractivity contribution in [2.75, 3.05) is 7.05 Å². The van der Waals surface area contributed by atoms with Gasteiger partial charge < -0.3 is 15.0 Å². The molecule has 1 heterocycles. The first kappa shape index (κ1) is 11.7. The monoisotopic (exact) mass is 231 g/mol. The van der Waals surface area contributed by atoms with Gasteiger partial charge in [0.15, 0.2) is 0 Å². The predicted octanol–water partition coefficient (Wildman–Crippen LogP) is 1.63. The summed E-state index contributed by atoms with van der Waals surface area (Å²) in [4.78, 5) is 4.30. The molecule has 0 aliphatic heterocycles. The molecule has 0 aliphatic carbocycles. The fourth-order valence-corrected chi connectivity index (χ4v) is 1.93. The van der Waals surface area contributed by atoms with Crippen molar-refractivity contribution in [1.29, 1.82) is 0 Å². The molecule has 90 valence electrons. The first-order valence-electron chi connectivity index (χ1n) is 5.63. The number of aryl methyl sites for hydroxylation is 1. The van der Waals surface area contributed by atoms with E-state index >= 15 is 0 Å². The lowest BCUT2D eigenvalue weighted by Gasteiger charge is -2.17. The molecule has 0 saturated carbocycles. The van der Waals surface area contributed by atoms with E-state index in [4.69, 9.17) is 0 Å². The first-order valence-corrected chi connectivity index (χ1v) is 5.63. The summed E-state index contributed by atoms with van der Waals surface area (Å²) >= 11 is 0. The maximum atomic E-state index is 9.84. The van der Waals surface area contributed by atoms with E-state index in [2.05, 4.69) is 10.3 Å². The van der Waals surface area contributed by atoms with E-state index in [-0.39, 0.29) is 6.04 Å². The second kappa shape index (κ2) is 5.01. The molecule has 0 bridgehead atoms. The van der Waals surface area contributed by atoms with Gasteiger partial charge >= 0.3 is 0 Å². The highest BCUT2D eigenvalue weighted by Crippen LogP contribution is 2.25. The number of imidazole rings is 1. The summed E-state index contributed by atoms with van der Waals surface area (Å²) in [6.07, 6.45) is 4.46. The number of phenolic OH excluding ortho intramolecular Hbond substituents is 1. The molecule has 0 fully saturated rings. The van der Waals surface area contributed by atoms with Gasteiger partial charge in [-0.25, -0.2) is 4.98 Å². The molecule has 0 radical (unpaired) electrons.